The van der Waals surface area contributed by atoms with Crippen LogP contribution in [0.3, 0.4) is 0 Å². The number of aromatic nitrogens is 1. The van der Waals surface area contributed by atoms with Crippen LogP contribution in [0.4, 0.5) is 19.3 Å². The van der Waals surface area contributed by atoms with E-state index >= 15 is 0 Å². The van der Waals surface area contributed by atoms with E-state index in [0.717, 1.165) is 10.0 Å². The molecule has 2 heterocycles. The Morgan fingerprint density at radius 2 is 1.77 bits per heavy atom. The van der Waals surface area contributed by atoms with E-state index in [4.69, 9.17) is 16.1 Å². The molecule has 1 aromatic heterocycles. The molecule has 1 saturated heterocycles. The monoisotopic (exact) mass is 671 g/mol. The molecule has 0 atom stereocenters. The van der Waals surface area contributed by atoms with Crippen molar-refractivity contribution < 1.29 is 22.9 Å². The van der Waals surface area contributed by atoms with E-state index in [1.807, 2.05) is 24.3 Å². The predicted molar refractivity (Wildman–Crippen MR) is 164 cm³/mol. The van der Waals surface area contributed by atoms with Gasteiger partial charge in [-0.1, -0.05) is 57.0 Å². The molecule has 1 fully saturated rings. The second-order valence-corrected chi connectivity index (χ2v) is 11.5. The molecule has 0 bridgehead atoms. The first-order chi connectivity index (χ1) is 20.7. The SMILES string of the molecule is Cc1onc(-c2c(F)cccc2Cl)c1C(=O)N(CCN1CCN(C(=O)Nc2cccc(Br)c2)CC1)Cc1ccc(F)cc1. The molecule has 0 unspecified atom stereocenters. The Balaban J connectivity index is 1.29. The molecule has 1 aliphatic rings. The maximum Gasteiger partial charge on any atom is 0.321 e. The average molecular weight is 673 g/mol. The van der Waals surface area contributed by atoms with Crippen molar-refractivity contribution in [2.24, 2.45) is 0 Å². The number of hydrogen-bond acceptors (Lipinski definition) is 5. The van der Waals surface area contributed by atoms with Crippen LogP contribution in [-0.4, -0.2) is 71.1 Å². The lowest BCUT2D eigenvalue weighted by molar-refractivity contribution is 0.0703. The number of nitrogens with one attached hydrogen (secondary N) is 1. The number of halogens is 4. The lowest BCUT2D eigenvalue weighted by Gasteiger charge is -2.36. The number of urea groups is 1. The molecule has 0 saturated carbocycles. The Hall–Kier alpha value is -3.80. The molecule has 8 nitrogen and oxygen atoms in total. The number of anilines is 1. The third kappa shape index (κ3) is 7.41. The summed E-state index contributed by atoms with van der Waals surface area (Å²) in [6.07, 6.45) is 0. The first-order valence-corrected chi connectivity index (χ1v) is 14.8. The highest BCUT2D eigenvalue weighted by molar-refractivity contribution is 9.10. The molecule has 12 heteroatoms. The van der Waals surface area contributed by atoms with Crippen molar-refractivity contribution in [3.63, 3.8) is 0 Å². The topological polar surface area (TPSA) is 81.9 Å². The number of benzene rings is 3. The number of hydrogen-bond donors (Lipinski definition) is 1. The van der Waals surface area contributed by atoms with Crippen molar-refractivity contribution in [3.8, 4) is 11.3 Å². The Morgan fingerprint density at radius 3 is 2.47 bits per heavy atom. The molecule has 1 N–H and O–H groups in total. The normalized spacial score (nSPS) is 13.7. The van der Waals surface area contributed by atoms with E-state index in [1.54, 1.807) is 28.9 Å². The van der Waals surface area contributed by atoms with Crippen molar-refractivity contribution in [2.45, 2.75) is 13.5 Å². The Bertz CT molecular complexity index is 1590. The number of rotatable bonds is 8. The summed E-state index contributed by atoms with van der Waals surface area (Å²) in [5.74, 6) is -1.19. The number of nitrogens with zero attached hydrogens (tertiary/aromatic N) is 4. The quantitative estimate of drug-likeness (QED) is 0.222. The summed E-state index contributed by atoms with van der Waals surface area (Å²) < 4.78 is 34.7. The van der Waals surface area contributed by atoms with Crippen molar-refractivity contribution >= 4 is 45.2 Å². The Labute approximate surface area is 261 Å². The minimum atomic E-state index is -0.623. The maximum absolute atomic E-state index is 14.8. The molecule has 4 aromatic rings. The van der Waals surface area contributed by atoms with Crippen molar-refractivity contribution in [2.75, 3.05) is 44.6 Å². The molecule has 0 radical (unpaired) electrons. The van der Waals surface area contributed by atoms with Gasteiger partial charge in [-0.2, -0.15) is 0 Å². The van der Waals surface area contributed by atoms with E-state index in [9.17, 15) is 18.4 Å². The minimum absolute atomic E-state index is 0.0108. The molecular formula is C31H29BrClF2N5O3. The summed E-state index contributed by atoms with van der Waals surface area (Å²) in [4.78, 5) is 32.3. The van der Waals surface area contributed by atoms with Crippen molar-refractivity contribution in [3.05, 3.63) is 105 Å². The van der Waals surface area contributed by atoms with E-state index in [1.165, 1.54) is 30.3 Å². The summed E-state index contributed by atoms with van der Waals surface area (Å²) in [6, 6.07) is 17.4. The fourth-order valence-corrected chi connectivity index (χ4v) is 5.60. The van der Waals surface area contributed by atoms with Gasteiger partial charge < -0.3 is 19.6 Å². The summed E-state index contributed by atoms with van der Waals surface area (Å²) in [6.45, 7) is 4.89. The van der Waals surface area contributed by atoms with Gasteiger partial charge in [-0.25, -0.2) is 13.6 Å². The van der Waals surface area contributed by atoms with Gasteiger partial charge in [-0.3, -0.25) is 9.69 Å². The molecule has 5 rings (SSSR count). The van der Waals surface area contributed by atoms with Gasteiger partial charge >= 0.3 is 6.03 Å². The lowest BCUT2D eigenvalue weighted by atomic mass is 10.0. The molecule has 0 spiro atoms. The van der Waals surface area contributed by atoms with Gasteiger partial charge in [-0.15, -0.1) is 0 Å². The zero-order chi connectivity index (χ0) is 30.5. The van der Waals surface area contributed by atoms with Crippen molar-refractivity contribution in [1.82, 2.24) is 19.9 Å². The fraction of sp³-hybridized carbons (Fsp3) is 0.258. The molecule has 43 heavy (non-hydrogen) atoms. The van der Waals surface area contributed by atoms with Gasteiger partial charge in [0.15, 0.2) is 0 Å². The van der Waals surface area contributed by atoms with Crippen LogP contribution in [-0.2, 0) is 6.54 Å². The van der Waals surface area contributed by atoms with Crippen LogP contribution in [0.25, 0.3) is 11.3 Å². The largest absolute Gasteiger partial charge is 0.360 e. The molecule has 3 amide bonds. The Kier molecular flexibility index (Phi) is 9.74. The van der Waals surface area contributed by atoms with Gasteiger partial charge in [0.05, 0.1) is 10.6 Å². The molecule has 1 aliphatic heterocycles. The van der Waals surface area contributed by atoms with Gasteiger partial charge in [-0.05, 0) is 55.0 Å². The molecule has 0 aliphatic carbocycles. The molecule has 3 aromatic carbocycles. The van der Waals surface area contributed by atoms with Gasteiger partial charge in [0.25, 0.3) is 5.91 Å². The standard InChI is InChI=1S/C31H29BrClF2N5O3/c1-20-27(29(37-43-20)28-25(33)6-3-7-26(28)35)30(41)40(19-21-8-10-23(34)11-9-21)17-14-38-12-15-39(16-13-38)31(42)36-24-5-2-4-22(32)18-24/h2-11,18H,12-17,19H2,1H3,(H,36,42). The van der Waals surface area contributed by atoms with Crippen LogP contribution in [0.15, 0.2) is 75.7 Å². The summed E-state index contributed by atoms with van der Waals surface area (Å²) in [5, 5.41) is 7.01. The van der Waals surface area contributed by atoms with Gasteiger partial charge in [0, 0.05) is 56.0 Å². The second kappa shape index (κ2) is 13.7. The maximum atomic E-state index is 14.8. The van der Waals surface area contributed by atoms with Gasteiger partial charge in [0.1, 0.15) is 28.7 Å². The third-order valence-corrected chi connectivity index (χ3v) is 8.08. The van der Waals surface area contributed by atoms with Crippen LogP contribution in [0.2, 0.25) is 5.02 Å². The number of piperazine rings is 1. The first-order valence-electron chi connectivity index (χ1n) is 13.7. The zero-order valence-electron chi connectivity index (χ0n) is 23.3. The summed E-state index contributed by atoms with van der Waals surface area (Å²) >= 11 is 9.71. The van der Waals surface area contributed by atoms with Crippen LogP contribution >= 0.6 is 27.5 Å². The van der Waals surface area contributed by atoms with E-state index in [-0.39, 0.29) is 46.0 Å². The summed E-state index contributed by atoms with van der Waals surface area (Å²) in [7, 11) is 0. The van der Waals surface area contributed by atoms with E-state index in [0.29, 0.717) is 45.0 Å². The number of aryl methyl sites for hydroxylation is 1. The highest BCUT2D eigenvalue weighted by Gasteiger charge is 2.30. The first kappa shape index (κ1) is 30.7. The molecule has 224 valence electrons. The highest BCUT2D eigenvalue weighted by atomic mass is 79.9. The number of carbonyl (C=O) groups excluding carboxylic acids is 2. The zero-order valence-corrected chi connectivity index (χ0v) is 25.7. The highest BCUT2D eigenvalue weighted by Crippen LogP contribution is 2.34. The van der Waals surface area contributed by atoms with Crippen LogP contribution < -0.4 is 5.32 Å². The second-order valence-electron chi connectivity index (χ2n) is 10.2. The third-order valence-electron chi connectivity index (χ3n) is 7.27. The van der Waals surface area contributed by atoms with Crippen LogP contribution in [0, 0.1) is 18.6 Å². The van der Waals surface area contributed by atoms with Crippen molar-refractivity contribution in [1.29, 1.82) is 0 Å². The predicted octanol–water partition coefficient (Wildman–Crippen LogP) is 6.84. The lowest BCUT2D eigenvalue weighted by Crippen LogP contribution is -2.51. The van der Waals surface area contributed by atoms with Crippen LogP contribution in [0.1, 0.15) is 21.7 Å². The van der Waals surface area contributed by atoms with E-state index in [2.05, 4.69) is 31.3 Å². The average Bonchev–Trinajstić information content (AvgIpc) is 3.36. The smallest absolute Gasteiger partial charge is 0.321 e. The van der Waals surface area contributed by atoms with E-state index < -0.39 is 11.7 Å². The molecular weight excluding hydrogens is 644 g/mol. The summed E-state index contributed by atoms with van der Waals surface area (Å²) in [5.41, 5.74) is 1.56. The number of amides is 3. The van der Waals surface area contributed by atoms with Gasteiger partial charge in [0.2, 0.25) is 0 Å². The minimum Gasteiger partial charge on any atom is -0.360 e. The fourth-order valence-electron chi connectivity index (χ4n) is 4.94. The number of carbonyl (C=O) groups is 2. The van der Waals surface area contributed by atoms with Crippen LogP contribution in [0.5, 0.6) is 0 Å². The Morgan fingerprint density at radius 1 is 1.05 bits per heavy atom.